The van der Waals surface area contributed by atoms with Crippen LogP contribution in [0, 0.1) is 12.8 Å². The Balaban J connectivity index is 1.58. The normalized spacial score (nSPS) is 16.4. The van der Waals surface area contributed by atoms with E-state index in [0.717, 1.165) is 60.3 Å². The number of amides is 1. The Hall–Kier alpha value is -3.53. The number of aromatic amines is 1. The molecular formula is C24H31N9O. The Morgan fingerprint density at radius 3 is 2.65 bits per heavy atom. The molecule has 1 unspecified atom stereocenters. The van der Waals surface area contributed by atoms with Crippen LogP contribution in [0.15, 0.2) is 24.4 Å². The van der Waals surface area contributed by atoms with Crippen LogP contribution >= 0.6 is 0 Å². The van der Waals surface area contributed by atoms with Crippen LogP contribution in [0.25, 0.3) is 33.8 Å². The van der Waals surface area contributed by atoms with Crippen molar-refractivity contribution in [3.05, 3.63) is 35.7 Å². The quantitative estimate of drug-likeness (QED) is 0.455. The van der Waals surface area contributed by atoms with E-state index in [-0.39, 0.29) is 6.04 Å². The summed E-state index contributed by atoms with van der Waals surface area (Å²) in [4.78, 5) is 17.9. The number of fused-ring (bicyclic) bond motifs is 1. The van der Waals surface area contributed by atoms with Gasteiger partial charge in [-0.2, -0.15) is 10.2 Å². The number of rotatable bonds is 6. The maximum Gasteiger partial charge on any atom is 0.248 e. The topological polar surface area (TPSA) is 124 Å². The van der Waals surface area contributed by atoms with Crippen molar-refractivity contribution in [2.24, 2.45) is 11.7 Å². The molecule has 0 spiro atoms. The average molecular weight is 462 g/mol. The molecule has 34 heavy (non-hydrogen) atoms. The van der Waals surface area contributed by atoms with Crippen LogP contribution in [-0.2, 0) is 6.54 Å². The number of H-pyrrole nitrogens is 1. The molecule has 0 bridgehead atoms. The minimum Gasteiger partial charge on any atom is -0.366 e. The van der Waals surface area contributed by atoms with Gasteiger partial charge in [0.1, 0.15) is 5.69 Å². The number of nitrogens with zero attached hydrogens (tertiary/aromatic N) is 7. The summed E-state index contributed by atoms with van der Waals surface area (Å²) >= 11 is 0. The minimum absolute atomic E-state index is 0.203. The molecule has 4 heterocycles. The largest absolute Gasteiger partial charge is 0.366 e. The molecule has 1 amide bonds. The summed E-state index contributed by atoms with van der Waals surface area (Å²) in [6.07, 6.45) is 4.10. The van der Waals surface area contributed by atoms with E-state index in [4.69, 9.17) is 10.8 Å². The van der Waals surface area contributed by atoms with Crippen molar-refractivity contribution in [2.75, 3.05) is 20.1 Å². The predicted molar refractivity (Wildman–Crippen MR) is 130 cm³/mol. The zero-order valence-corrected chi connectivity index (χ0v) is 20.1. The van der Waals surface area contributed by atoms with Gasteiger partial charge in [-0.05, 0) is 77.9 Å². The lowest BCUT2D eigenvalue weighted by molar-refractivity contribution is 0.100. The van der Waals surface area contributed by atoms with Gasteiger partial charge in [-0.1, -0.05) is 0 Å². The number of primary amides is 1. The van der Waals surface area contributed by atoms with Gasteiger partial charge in [-0.25, -0.2) is 0 Å². The highest BCUT2D eigenvalue weighted by atomic mass is 16.1. The van der Waals surface area contributed by atoms with E-state index >= 15 is 0 Å². The average Bonchev–Trinajstić information content (AvgIpc) is 3.56. The number of nitrogens with one attached hydrogen (secondary N) is 1. The number of piperidine rings is 1. The standard InChI is InChI=1S/C24H31N9O/c1-5-32-21(10-14(2)30-32)24-27-23(28-29-24)18-11-17(22(25)34)12-20-19(18)13-26-33(20)15(3)16-6-8-31(4)9-7-16/h10-13,15-16H,5-9H2,1-4H3,(H2,25,34)(H,27,28,29). The maximum absolute atomic E-state index is 12.2. The van der Waals surface area contributed by atoms with Crippen molar-refractivity contribution in [2.45, 2.75) is 46.2 Å². The molecule has 4 aromatic rings. The monoisotopic (exact) mass is 461 g/mol. The lowest BCUT2D eigenvalue weighted by Crippen LogP contribution is -2.33. The third-order valence-electron chi connectivity index (χ3n) is 7.02. The van der Waals surface area contributed by atoms with Crippen LogP contribution < -0.4 is 5.73 Å². The van der Waals surface area contributed by atoms with Gasteiger partial charge >= 0.3 is 0 Å². The molecule has 10 heteroatoms. The number of likely N-dealkylation sites (tertiary alicyclic amines) is 1. The zero-order valence-electron chi connectivity index (χ0n) is 20.1. The van der Waals surface area contributed by atoms with Crippen molar-refractivity contribution in [3.8, 4) is 22.9 Å². The summed E-state index contributed by atoms with van der Waals surface area (Å²) in [5, 5.41) is 18.9. The van der Waals surface area contributed by atoms with Crippen LogP contribution in [0.5, 0.6) is 0 Å². The number of hydrogen-bond acceptors (Lipinski definition) is 6. The molecular weight excluding hydrogens is 430 g/mol. The Bertz CT molecular complexity index is 1340. The lowest BCUT2D eigenvalue weighted by Gasteiger charge is -2.33. The highest BCUT2D eigenvalue weighted by Gasteiger charge is 2.26. The molecule has 0 radical (unpaired) electrons. The van der Waals surface area contributed by atoms with E-state index < -0.39 is 5.91 Å². The van der Waals surface area contributed by atoms with Crippen LogP contribution in [-0.4, -0.2) is 65.7 Å². The Morgan fingerprint density at radius 1 is 1.21 bits per heavy atom. The van der Waals surface area contributed by atoms with E-state index in [0.29, 0.717) is 23.1 Å². The zero-order chi connectivity index (χ0) is 24.0. The number of nitrogens with two attached hydrogens (primary N) is 1. The lowest BCUT2D eigenvalue weighted by atomic mass is 9.90. The number of carbonyl (C=O) groups is 1. The molecule has 178 valence electrons. The van der Waals surface area contributed by atoms with Crippen LogP contribution in [0.3, 0.4) is 0 Å². The first-order valence-electron chi connectivity index (χ1n) is 11.8. The molecule has 0 aliphatic carbocycles. The summed E-state index contributed by atoms with van der Waals surface area (Å²) < 4.78 is 3.92. The van der Waals surface area contributed by atoms with Gasteiger partial charge in [0.2, 0.25) is 5.91 Å². The van der Waals surface area contributed by atoms with Gasteiger partial charge in [-0.3, -0.25) is 14.2 Å². The van der Waals surface area contributed by atoms with Crippen LogP contribution in [0.2, 0.25) is 0 Å². The van der Waals surface area contributed by atoms with Crippen LogP contribution in [0.1, 0.15) is 48.8 Å². The number of hydrogen-bond donors (Lipinski definition) is 2. The first kappa shape index (κ1) is 22.3. The van der Waals surface area contributed by atoms with Crippen molar-refractivity contribution in [1.29, 1.82) is 0 Å². The predicted octanol–water partition coefficient (Wildman–Crippen LogP) is 3.01. The fourth-order valence-electron chi connectivity index (χ4n) is 4.99. The third kappa shape index (κ3) is 3.87. The second-order valence-electron chi connectivity index (χ2n) is 9.30. The van der Waals surface area contributed by atoms with Gasteiger partial charge in [0, 0.05) is 23.1 Å². The first-order valence-corrected chi connectivity index (χ1v) is 11.8. The van der Waals surface area contributed by atoms with Crippen molar-refractivity contribution in [1.82, 2.24) is 39.6 Å². The number of aromatic nitrogens is 7. The SMILES string of the molecule is CCn1nc(C)cc1-c1nnc(-c2cc(C(N)=O)cc3c2cnn3C(C)C2CCN(C)CC2)[nH]1. The highest BCUT2D eigenvalue weighted by molar-refractivity contribution is 6.02. The molecule has 3 aromatic heterocycles. The van der Waals surface area contributed by atoms with E-state index in [1.807, 2.05) is 41.5 Å². The third-order valence-corrected chi connectivity index (χ3v) is 7.02. The molecule has 1 aliphatic heterocycles. The molecule has 5 rings (SSSR count). The summed E-state index contributed by atoms with van der Waals surface area (Å²) in [5.41, 5.74) is 9.55. The van der Waals surface area contributed by atoms with Crippen molar-refractivity contribution < 1.29 is 4.79 Å². The maximum atomic E-state index is 12.2. The van der Waals surface area contributed by atoms with Gasteiger partial charge in [0.05, 0.1) is 23.4 Å². The Morgan fingerprint density at radius 2 is 1.94 bits per heavy atom. The number of benzene rings is 1. The summed E-state index contributed by atoms with van der Waals surface area (Å²) in [5.74, 6) is 1.23. The second-order valence-corrected chi connectivity index (χ2v) is 9.30. The van der Waals surface area contributed by atoms with E-state index in [1.54, 1.807) is 6.07 Å². The first-order chi connectivity index (χ1) is 16.4. The van der Waals surface area contributed by atoms with E-state index in [1.165, 1.54) is 0 Å². The van der Waals surface area contributed by atoms with Crippen molar-refractivity contribution >= 4 is 16.8 Å². The second kappa shape index (κ2) is 8.68. The fourth-order valence-corrected chi connectivity index (χ4v) is 4.99. The van der Waals surface area contributed by atoms with Crippen molar-refractivity contribution in [3.63, 3.8) is 0 Å². The number of aryl methyl sites for hydroxylation is 2. The minimum atomic E-state index is -0.484. The molecule has 10 nitrogen and oxygen atoms in total. The summed E-state index contributed by atoms with van der Waals surface area (Å²) in [6, 6.07) is 5.79. The Kier molecular flexibility index (Phi) is 5.68. The molecule has 0 saturated carbocycles. The van der Waals surface area contributed by atoms with E-state index in [2.05, 4.69) is 39.2 Å². The molecule has 1 aliphatic rings. The molecule has 1 aromatic carbocycles. The molecule has 3 N–H and O–H groups in total. The van der Waals surface area contributed by atoms with Crippen LogP contribution in [0.4, 0.5) is 0 Å². The molecule has 1 fully saturated rings. The molecule has 1 atom stereocenters. The smallest absolute Gasteiger partial charge is 0.248 e. The summed E-state index contributed by atoms with van der Waals surface area (Å²) in [7, 11) is 2.16. The van der Waals surface area contributed by atoms with Gasteiger partial charge < -0.3 is 15.6 Å². The highest BCUT2D eigenvalue weighted by Crippen LogP contribution is 2.34. The Labute approximate surface area is 198 Å². The number of carbonyl (C=O) groups excluding carboxylic acids is 1. The molecule has 1 saturated heterocycles. The summed E-state index contributed by atoms with van der Waals surface area (Å²) in [6.45, 7) is 9.09. The van der Waals surface area contributed by atoms with Gasteiger partial charge in [0.25, 0.3) is 0 Å². The van der Waals surface area contributed by atoms with Gasteiger partial charge in [-0.15, -0.1) is 10.2 Å². The fraction of sp³-hybridized carbons (Fsp3) is 0.458. The van der Waals surface area contributed by atoms with Gasteiger partial charge in [0.15, 0.2) is 11.6 Å². The van der Waals surface area contributed by atoms with E-state index in [9.17, 15) is 4.79 Å².